The van der Waals surface area contributed by atoms with Gasteiger partial charge in [0, 0.05) is 16.4 Å². The normalized spacial score (nSPS) is 10.3. The fourth-order valence-corrected chi connectivity index (χ4v) is 1.93. The van der Waals surface area contributed by atoms with Gasteiger partial charge in [0.25, 0.3) is 5.91 Å². The quantitative estimate of drug-likeness (QED) is 0.824. The fourth-order valence-electron chi connectivity index (χ4n) is 1.55. The molecule has 0 saturated carbocycles. The summed E-state index contributed by atoms with van der Waals surface area (Å²) >= 11 is 11.7. The summed E-state index contributed by atoms with van der Waals surface area (Å²) in [5.41, 5.74) is 6.16. The van der Waals surface area contributed by atoms with Crippen LogP contribution < -0.4 is 11.1 Å². The number of carbonyl (C=O) groups excluding carboxylic acids is 1. The number of amides is 1. The number of hydrogen-bond acceptors (Lipinski definition) is 2. The number of hydrogen-bond donors (Lipinski definition) is 2. The van der Waals surface area contributed by atoms with Gasteiger partial charge < -0.3 is 11.1 Å². The predicted molar refractivity (Wildman–Crippen MR) is 75.2 cm³/mol. The smallest absolute Gasteiger partial charge is 0.257 e. The van der Waals surface area contributed by atoms with E-state index in [9.17, 15) is 9.18 Å². The summed E-state index contributed by atoms with van der Waals surface area (Å²) in [7, 11) is 0. The van der Waals surface area contributed by atoms with Gasteiger partial charge in [-0.3, -0.25) is 4.79 Å². The summed E-state index contributed by atoms with van der Waals surface area (Å²) < 4.78 is 13.1. The van der Waals surface area contributed by atoms with E-state index in [1.54, 1.807) is 6.07 Å². The average molecular weight is 299 g/mol. The van der Waals surface area contributed by atoms with Gasteiger partial charge in [-0.15, -0.1) is 0 Å². The van der Waals surface area contributed by atoms with Gasteiger partial charge in [-0.1, -0.05) is 23.2 Å². The van der Waals surface area contributed by atoms with Crippen molar-refractivity contribution < 1.29 is 9.18 Å². The van der Waals surface area contributed by atoms with Gasteiger partial charge in [0.2, 0.25) is 0 Å². The van der Waals surface area contributed by atoms with Gasteiger partial charge in [0.15, 0.2) is 0 Å². The summed E-state index contributed by atoms with van der Waals surface area (Å²) in [6.45, 7) is 0. The summed E-state index contributed by atoms with van der Waals surface area (Å²) in [6.07, 6.45) is 0. The highest BCUT2D eigenvalue weighted by Crippen LogP contribution is 2.22. The molecule has 0 aliphatic heterocycles. The zero-order valence-corrected chi connectivity index (χ0v) is 11.1. The van der Waals surface area contributed by atoms with Crippen LogP contribution in [-0.2, 0) is 0 Å². The zero-order valence-electron chi connectivity index (χ0n) is 9.58. The molecule has 0 aliphatic carbocycles. The third-order valence-electron chi connectivity index (χ3n) is 2.35. The lowest BCUT2D eigenvalue weighted by Crippen LogP contribution is -2.12. The molecule has 2 aromatic carbocycles. The van der Waals surface area contributed by atoms with Gasteiger partial charge in [-0.05, 0) is 36.4 Å². The van der Waals surface area contributed by atoms with Crippen LogP contribution in [0, 0.1) is 5.82 Å². The summed E-state index contributed by atoms with van der Waals surface area (Å²) in [5, 5.41) is 3.14. The molecule has 0 aliphatic rings. The number of nitrogens with one attached hydrogen (secondary N) is 1. The van der Waals surface area contributed by atoms with Crippen LogP contribution in [0.3, 0.4) is 0 Å². The molecule has 3 N–H and O–H groups in total. The molecular formula is C13H9Cl2FN2O. The van der Waals surface area contributed by atoms with E-state index in [2.05, 4.69) is 5.32 Å². The molecule has 98 valence electrons. The third kappa shape index (κ3) is 3.36. The Hall–Kier alpha value is -1.78. The maximum absolute atomic E-state index is 13.1. The molecule has 0 fully saturated rings. The maximum atomic E-state index is 13.1. The van der Waals surface area contributed by atoms with E-state index in [0.29, 0.717) is 5.02 Å². The maximum Gasteiger partial charge on any atom is 0.257 e. The summed E-state index contributed by atoms with van der Waals surface area (Å²) in [4.78, 5) is 12.0. The van der Waals surface area contributed by atoms with Crippen molar-refractivity contribution in [2.45, 2.75) is 0 Å². The number of nitrogen functional groups attached to an aromatic ring is 1. The lowest BCUT2D eigenvalue weighted by molar-refractivity contribution is 0.102. The Morgan fingerprint density at radius 3 is 2.58 bits per heavy atom. The van der Waals surface area contributed by atoms with Crippen molar-refractivity contribution in [3.05, 3.63) is 57.8 Å². The van der Waals surface area contributed by atoms with Gasteiger partial charge >= 0.3 is 0 Å². The first-order chi connectivity index (χ1) is 8.95. The molecule has 0 bridgehead atoms. The molecule has 0 aromatic heterocycles. The van der Waals surface area contributed by atoms with E-state index in [1.165, 1.54) is 18.2 Å². The number of benzene rings is 2. The summed E-state index contributed by atoms with van der Waals surface area (Å²) in [5.74, 6) is -1.02. The van der Waals surface area contributed by atoms with Gasteiger partial charge in [-0.25, -0.2) is 4.39 Å². The number of halogens is 3. The zero-order chi connectivity index (χ0) is 14.0. The van der Waals surface area contributed by atoms with Crippen LogP contribution in [-0.4, -0.2) is 5.91 Å². The number of carbonyl (C=O) groups is 1. The molecule has 2 aromatic rings. The molecule has 0 radical (unpaired) electrons. The minimum absolute atomic E-state index is 0.206. The first-order valence-corrected chi connectivity index (χ1v) is 6.04. The standard InChI is InChI=1S/C13H9Cl2FN2O/c14-7-1-2-12(15)11(3-7)13(19)18-10-5-8(16)4-9(17)6-10/h1-6H,17H2,(H,18,19). The topological polar surface area (TPSA) is 55.1 Å². The first-order valence-electron chi connectivity index (χ1n) is 5.28. The monoisotopic (exact) mass is 298 g/mol. The highest BCUT2D eigenvalue weighted by Gasteiger charge is 2.12. The highest BCUT2D eigenvalue weighted by molar-refractivity contribution is 6.36. The number of nitrogens with two attached hydrogens (primary N) is 1. The van der Waals surface area contributed by atoms with E-state index in [4.69, 9.17) is 28.9 Å². The van der Waals surface area contributed by atoms with Crippen molar-refractivity contribution in [1.82, 2.24) is 0 Å². The van der Waals surface area contributed by atoms with E-state index in [-0.39, 0.29) is 22.0 Å². The third-order valence-corrected chi connectivity index (χ3v) is 2.92. The number of anilines is 2. The Bertz CT molecular complexity index is 626. The molecular weight excluding hydrogens is 290 g/mol. The molecule has 19 heavy (non-hydrogen) atoms. The largest absolute Gasteiger partial charge is 0.399 e. The van der Waals surface area contributed by atoms with Gasteiger partial charge in [-0.2, -0.15) is 0 Å². The Kier molecular flexibility index (Phi) is 3.93. The number of rotatable bonds is 2. The average Bonchev–Trinajstić information content (AvgIpc) is 2.30. The molecule has 0 atom stereocenters. The van der Waals surface area contributed by atoms with Crippen LogP contribution in [0.1, 0.15) is 10.4 Å². The van der Waals surface area contributed by atoms with E-state index < -0.39 is 11.7 Å². The van der Waals surface area contributed by atoms with Crippen LogP contribution in [0.25, 0.3) is 0 Å². The van der Waals surface area contributed by atoms with E-state index in [1.807, 2.05) is 0 Å². The van der Waals surface area contributed by atoms with Crippen LogP contribution in [0.2, 0.25) is 10.0 Å². The molecule has 0 saturated heterocycles. The Morgan fingerprint density at radius 2 is 1.89 bits per heavy atom. The van der Waals surface area contributed by atoms with Gasteiger partial charge in [0.1, 0.15) is 5.82 Å². The van der Waals surface area contributed by atoms with E-state index in [0.717, 1.165) is 12.1 Å². The SMILES string of the molecule is Nc1cc(F)cc(NC(=O)c2cc(Cl)ccc2Cl)c1. The summed E-state index contributed by atoms with van der Waals surface area (Å²) in [6, 6.07) is 8.27. The van der Waals surface area contributed by atoms with Crippen LogP contribution >= 0.6 is 23.2 Å². The van der Waals surface area contributed by atoms with Crippen molar-refractivity contribution in [3.63, 3.8) is 0 Å². The van der Waals surface area contributed by atoms with E-state index >= 15 is 0 Å². The molecule has 2 rings (SSSR count). The predicted octanol–water partition coefficient (Wildman–Crippen LogP) is 3.97. The lowest BCUT2D eigenvalue weighted by Gasteiger charge is -2.08. The molecule has 6 heteroatoms. The minimum Gasteiger partial charge on any atom is -0.399 e. The molecule has 1 amide bonds. The first kappa shape index (κ1) is 13.6. The molecule has 0 heterocycles. The van der Waals surface area contributed by atoms with Crippen molar-refractivity contribution >= 4 is 40.5 Å². The van der Waals surface area contributed by atoms with Crippen molar-refractivity contribution in [2.75, 3.05) is 11.1 Å². The Balaban J connectivity index is 2.28. The second-order valence-corrected chi connectivity index (χ2v) is 4.70. The fraction of sp³-hybridized carbons (Fsp3) is 0. The highest BCUT2D eigenvalue weighted by atomic mass is 35.5. The lowest BCUT2D eigenvalue weighted by atomic mass is 10.2. The molecule has 0 unspecified atom stereocenters. The van der Waals surface area contributed by atoms with Crippen molar-refractivity contribution in [3.8, 4) is 0 Å². The van der Waals surface area contributed by atoms with Crippen molar-refractivity contribution in [1.29, 1.82) is 0 Å². The van der Waals surface area contributed by atoms with Crippen molar-refractivity contribution in [2.24, 2.45) is 0 Å². The second kappa shape index (κ2) is 5.47. The van der Waals surface area contributed by atoms with Crippen LogP contribution in [0.4, 0.5) is 15.8 Å². The van der Waals surface area contributed by atoms with Gasteiger partial charge in [0.05, 0.1) is 10.6 Å². The Labute approximate surface area is 119 Å². The minimum atomic E-state index is -0.535. The van der Waals surface area contributed by atoms with Crippen LogP contribution in [0.15, 0.2) is 36.4 Å². The molecule has 3 nitrogen and oxygen atoms in total. The van der Waals surface area contributed by atoms with Crippen LogP contribution in [0.5, 0.6) is 0 Å². The molecule has 0 spiro atoms. The second-order valence-electron chi connectivity index (χ2n) is 3.85. The Morgan fingerprint density at radius 1 is 1.16 bits per heavy atom.